The average Bonchev–Trinajstić information content (AvgIpc) is 2.55. The maximum Gasteiger partial charge on any atom is 0.223 e. The van der Waals surface area contributed by atoms with Crippen LogP contribution in [0.2, 0.25) is 0 Å². The molecule has 1 aromatic carbocycles. The molecule has 0 saturated carbocycles. The number of anilines is 3. The standard InChI is InChI=1S/C19H22N6O2/c1-10(26)23-14-6-5-11(7-15(14)27)12-8-21-17(20)13-9-22-18(24-16(12)13)25-19(2,3)4/h5-9,27H,1-4H3,(H2,20,21)(H,23,26)(H,22,24,25). The number of pyridine rings is 1. The van der Waals surface area contributed by atoms with E-state index in [2.05, 4.69) is 25.6 Å². The molecule has 0 aliphatic carbocycles. The minimum absolute atomic E-state index is 0.0465. The largest absolute Gasteiger partial charge is 0.506 e. The summed E-state index contributed by atoms with van der Waals surface area (Å²) in [7, 11) is 0. The van der Waals surface area contributed by atoms with Crippen LogP contribution in [0, 0.1) is 0 Å². The van der Waals surface area contributed by atoms with Gasteiger partial charge in [0.05, 0.1) is 16.6 Å². The molecule has 140 valence electrons. The van der Waals surface area contributed by atoms with E-state index in [0.29, 0.717) is 39.5 Å². The van der Waals surface area contributed by atoms with Gasteiger partial charge in [0.25, 0.3) is 0 Å². The van der Waals surface area contributed by atoms with Crippen LogP contribution in [-0.4, -0.2) is 31.5 Å². The van der Waals surface area contributed by atoms with Gasteiger partial charge in [0.2, 0.25) is 11.9 Å². The van der Waals surface area contributed by atoms with E-state index in [4.69, 9.17) is 5.73 Å². The first-order valence-electron chi connectivity index (χ1n) is 8.44. The minimum Gasteiger partial charge on any atom is -0.506 e. The molecule has 0 bridgehead atoms. The van der Waals surface area contributed by atoms with Crippen molar-refractivity contribution in [2.45, 2.75) is 33.2 Å². The van der Waals surface area contributed by atoms with E-state index < -0.39 is 0 Å². The monoisotopic (exact) mass is 366 g/mol. The summed E-state index contributed by atoms with van der Waals surface area (Å²) in [4.78, 5) is 24.3. The van der Waals surface area contributed by atoms with Gasteiger partial charge < -0.3 is 21.5 Å². The van der Waals surface area contributed by atoms with Crippen LogP contribution in [0.15, 0.2) is 30.6 Å². The Kier molecular flexibility index (Phi) is 4.57. The Morgan fingerprint density at radius 1 is 1.19 bits per heavy atom. The molecular formula is C19H22N6O2. The Morgan fingerprint density at radius 3 is 2.56 bits per heavy atom. The van der Waals surface area contributed by atoms with E-state index in [1.54, 1.807) is 30.6 Å². The fourth-order valence-electron chi connectivity index (χ4n) is 2.64. The number of nitrogens with zero attached hydrogens (tertiary/aromatic N) is 3. The van der Waals surface area contributed by atoms with Gasteiger partial charge in [0.1, 0.15) is 11.6 Å². The zero-order valence-corrected chi connectivity index (χ0v) is 15.7. The third kappa shape index (κ3) is 4.05. The van der Waals surface area contributed by atoms with E-state index in [-0.39, 0.29) is 17.2 Å². The van der Waals surface area contributed by atoms with Gasteiger partial charge in [0, 0.05) is 30.4 Å². The van der Waals surface area contributed by atoms with Crippen molar-refractivity contribution in [3.05, 3.63) is 30.6 Å². The van der Waals surface area contributed by atoms with Gasteiger partial charge in [0.15, 0.2) is 0 Å². The molecule has 0 aliphatic rings. The summed E-state index contributed by atoms with van der Waals surface area (Å²) in [6.45, 7) is 7.43. The first-order chi connectivity index (χ1) is 12.6. The number of carbonyl (C=O) groups is 1. The number of aromatic hydroxyl groups is 1. The highest BCUT2D eigenvalue weighted by Gasteiger charge is 2.16. The topological polar surface area (TPSA) is 126 Å². The van der Waals surface area contributed by atoms with Crippen LogP contribution < -0.4 is 16.4 Å². The summed E-state index contributed by atoms with van der Waals surface area (Å²) in [6, 6.07) is 4.96. The second-order valence-electron chi connectivity index (χ2n) is 7.30. The quantitative estimate of drug-likeness (QED) is 0.525. The molecule has 3 aromatic rings. The van der Waals surface area contributed by atoms with Crippen LogP contribution in [-0.2, 0) is 4.79 Å². The van der Waals surface area contributed by atoms with Crippen LogP contribution in [0.5, 0.6) is 5.75 Å². The predicted octanol–water partition coefficient (Wildman–Crippen LogP) is 3.15. The van der Waals surface area contributed by atoms with Crippen LogP contribution in [0.4, 0.5) is 17.5 Å². The SMILES string of the molecule is CC(=O)Nc1ccc(-c2cnc(N)c3cnc(NC(C)(C)C)nc23)cc1O. The van der Waals surface area contributed by atoms with Crippen molar-refractivity contribution in [2.24, 2.45) is 0 Å². The number of phenols is 1. The number of carbonyl (C=O) groups excluding carboxylic acids is 1. The zero-order chi connectivity index (χ0) is 19.8. The van der Waals surface area contributed by atoms with E-state index >= 15 is 0 Å². The lowest BCUT2D eigenvalue weighted by Crippen LogP contribution is -2.27. The second-order valence-corrected chi connectivity index (χ2v) is 7.30. The molecule has 0 saturated heterocycles. The van der Waals surface area contributed by atoms with Crippen molar-refractivity contribution in [1.29, 1.82) is 0 Å². The van der Waals surface area contributed by atoms with E-state index in [1.807, 2.05) is 20.8 Å². The van der Waals surface area contributed by atoms with E-state index in [9.17, 15) is 9.90 Å². The Balaban J connectivity index is 2.13. The summed E-state index contributed by atoms with van der Waals surface area (Å²) in [5, 5.41) is 16.7. The van der Waals surface area contributed by atoms with Crippen molar-refractivity contribution >= 4 is 34.3 Å². The summed E-state index contributed by atoms with van der Waals surface area (Å²) in [6.07, 6.45) is 3.24. The molecule has 2 heterocycles. The molecule has 0 unspecified atom stereocenters. The van der Waals surface area contributed by atoms with Crippen molar-refractivity contribution in [3.8, 4) is 16.9 Å². The third-order valence-electron chi connectivity index (χ3n) is 3.76. The molecule has 3 rings (SSSR count). The molecule has 8 nitrogen and oxygen atoms in total. The lowest BCUT2D eigenvalue weighted by atomic mass is 10.0. The summed E-state index contributed by atoms with van der Waals surface area (Å²) < 4.78 is 0. The van der Waals surface area contributed by atoms with Gasteiger partial charge in [-0.05, 0) is 38.5 Å². The van der Waals surface area contributed by atoms with Gasteiger partial charge in [-0.15, -0.1) is 0 Å². The Bertz CT molecular complexity index is 1030. The molecule has 0 fully saturated rings. The summed E-state index contributed by atoms with van der Waals surface area (Å²) in [5.74, 6) is 0.495. The number of benzene rings is 1. The average molecular weight is 366 g/mol. The number of nitrogens with two attached hydrogens (primary N) is 1. The van der Waals surface area contributed by atoms with Gasteiger partial charge >= 0.3 is 0 Å². The number of amides is 1. The predicted molar refractivity (Wildman–Crippen MR) is 107 cm³/mol. The second kappa shape index (κ2) is 6.71. The fourth-order valence-corrected chi connectivity index (χ4v) is 2.64. The summed E-state index contributed by atoms with van der Waals surface area (Å²) in [5.41, 5.74) is 8.13. The Morgan fingerprint density at radius 2 is 1.93 bits per heavy atom. The van der Waals surface area contributed by atoms with Crippen molar-refractivity contribution < 1.29 is 9.90 Å². The molecule has 0 aliphatic heterocycles. The van der Waals surface area contributed by atoms with E-state index in [0.717, 1.165) is 0 Å². The normalized spacial score (nSPS) is 11.4. The molecule has 0 radical (unpaired) electrons. The number of nitrogens with one attached hydrogen (secondary N) is 2. The minimum atomic E-state index is -0.261. The van der Waals surface area contributed by atoms with Gasteiger partial charge in [-0.1, -0.05) is 6.07 Å². The number of rotatable bonds is 3. The lowest BCUT2D eigenvalue weighted by Gasteiger charge is -2.20. The van der Waals surface area contributed by atoms with E-state index in [1.165, 1.54) is 6.92 Å². The molecule has 0 atom stereocenters. The Labute approximate surface area is 156 Å². The summed E-state index contributed by atoms with van der Waals surface area (Å²) >= 11 is 0. The highest BCUT2D eigenvalue weighted by Crippen LogP contribution is 2.34. The molecule has 1 amide bonds. The number of phenolic OH excluding ortho intramolecular Hbond substituents is 1. The Hall–Kier alpha value is -3.42. The lowest BCUT2D eigenvalue weighted by molar-refractivity contribution is -0.114. The maximum absolute atomic E-state index is 11.2. The number of fused-ring (bicyclic) bond motifs is 1. The first-order valence-corrected chi connectivity index (χ1v) is 8.44. The molecule has 27 heavy (non-hydrogen) atoms. The number of hydrogen-bond donors (Lipinski definition) is 4. The smallest absolute Gasteiger partial charge is 0.223 e. The van der Waals surface area contributed by atoms with Crippen molar-refractivity contribution in [2.75, 3.05) is 16.4 Å². The van der Waals surface area contributed by atoms with Crippen LogP contribution in [0.1, 0.15) is 27.7 Å². The number of hydrogen-bond acceptors (Lipinski definition) is 7. The number of nitrogen functional groups attached to an aromatic ring is 1. The molecule has 5 N–H and O–H groups in total. The van der Waals surface area contributed by atoms with Crippen LogP contribution in [0.3, 0.4) is 0 Å². The number of aromatic nitrogens is 3. The third-order valence-corrected chi connectivity index (χ3v) is 3.76. The molecule has 0 spiro atoms. The van der Waals surface area contributed by atoms with Gasteiger partial charge in [-0.25, -0.2) is 15.0 Å². The van der Waals surface area contributed by atoms with Crippen LogP contribution >= 0.6 is 0 Å². The zero-order valence-electron chi connectivity index (χ0n) is 15.7. The highest BCUT2D eigenvalue weighted by atomic mass is 16.3. The highest BCUT2D eigenvalue weighted by molar-refractivity contribution is 5.99. The van der Waals surface area contributed by atoms with Gasteiger partial charge in [-0.3, -0.25) is 4.79 Å². The maximum atomic E-state index is 11.2. The molecule has 2 aromatic heterocycles. The van der Waals surface area contributed by atoms with Gasteiger partial charge in [-0.2, -0.15) is 0 Å². The fraction of sp³-hybridized carbons (Fsp3) is 0.263. The molecule has 8 heteroatoms. The first kappa shape index (κ1) is 18.4. The van der Waals surface area contributed by atoms with Crippen molar-refractivity contribution in [1.82, 2.24) is 15.0 Å². The van der Waals surface area contributed by atoms with Crippen molar-refractivity contribution in [3.63, 3.8) is 0 Å². The van der Waals surface area contributed by atoms with Crippen LogP contribution in [0.25, 0.3) is 22.0 Å². The molecular weight excluding hydrogens is 344 g/mol.